The number of nitrogens with zero attached hydrogens (tertiary/aromatic N) is 1. The summed E-state index contributed by atoms with van der Waals surface area (Å²) in [7, 11) is 0. The normalized spacial score (nSPS) is 21.1. The van der Waals surface area contributed by atoms with Crippen molar-refractivity contribution in [1.29, 1.82) is 0 Å². The number of benzene rings is 1. The first kappa shape index (κ1) is 12.7. The van der Waals surface area contributed by atoms with Gasteiger partial charge in [0.05, 0.1) is 0 Å². The summed E-state index contributed by atoms with van der Waals surface area (Å²) < 4.78 is 12.5. The third kappa shape index (κ3) is 2.56. The number of amides is 1. The van der Waals surface area contributed by atoms with Crippen LogP contribution in [0.1, 0.15) is 12.0 Å². The van der Waals surface area contributed by atoms with Crippen LogP contribution in [0, 0.1) is 5.92 Å². The van der Waals surface area contributed by atoms with E-state index < -0.39 is 24.0 Å². The second-order valence-electron chi connectivity index (χ2n) is 4.32. The zero-order chi connectivity index (χ0) is 13.1. The first-order chi connectivity index (χ1) is 8.59. The second-order valence-corrected chi connectivity index (χ2v) is 4.32. The van der Waals surface area contributed by atoms with Gasteiger partial charge in [-0.2, -0.15) is 0 Å². The van der Waals surface area contributed by atoms with E-state index in [1.54, 1.807) is 0 Å². The number of Topliss-reactive ketones (excluding diaryl/α,β-unsaturated/α-hetero) is 1. The van der Waals surface area contributed by atoms with Crippen LogP contribution >= 0.6 is 0 Å². The lowest BCUT2D eigenvalue weighted by molar-refractivity contribution is -0.146. The van der Waals surface area contributed by atoms with Gasteiger partial charge in [0.1, 0.15) is 5.92 Å². The Labute approximate surface area is 104 Å². The van der Waals surface area contributed by atoms with Crippen molar-refractivity contribution in [3.05, 3.63) is 35.9 Å². The van der Waals surface area contributed by atoms with Crippen LogP contribution in [0.25, 0.3) is 0 Å². The molecule has 1 fully saturated rings. The molecule has 4 nitrogen and oxygen atoms in total. The van der Waals surface area contributed by atoms with Gasteiger partial charge in [-0.25, -0.2) is 4.39 Å². The molecule has 0 aromatic heterocycles. The number of aliphatic hydroxyl groups is 1. The van der Waals surface area contributed by atoms with Gasteiger partial charge in [-0.1, -0.05) is 30.3 Å². The number of ketones is 1. The Morgan fingerprint density at radius 2 is 2.11 bits per heavy atom. The van der Waals surface area contributed by atoms with Gasteiger partial charge in [0.25, 0.3) is 6.36 Å². The lowest BCUT2D eigenvalue weighted by Gasteiger charge is -2.16. The minimum Gasteiger partial charge on any atom is -0.358 e. The van der Waals surface area contributed by atoms with Crippen molar-refractivity contribution in [1.82, 2.24) is 4.90 Å². The second kappa shape index (κ2) is 5.27. The van der Waals surface area contributed by atoms with Crippen molar-refractivity contribution in [3.8, 4) is 0 Å². The standard InChI is InChI=1S/C13H14FNO3/c14-12(17)11(16)10-6-7-15(13(10)18)8-9-4-2-1-3-5-9/h1-5,10,12,17H,6-8H2. The molecule has 1 aliphatic heterocycles. The Morgan fingerprint density at radius 1 is 1.44 bits per heavy atom. The van der Waals surface area contributed by atoms with Gasteiger partial charge in [-0.15, -0.1) is 0 Å². The van der Waals surface area contributed by atoms with Crippen molar-refractivity contribution in [3.63, 3.8) is 0 Å². The summed E-state index contributed by atoms with van der Waals surface area (Å²) in [5, 5.41) is 8.59. The van der Waals surface area contributed by atoms with E-state index in [0.717, 1.165) is 5.56 Å². The van der Waals surface area contributed by atoms with Gasteiger partial charge in [0.2, 0.25) is 11.7 Å². The first-order valence-corrected chi connectivity index (χ1v) is 5.78. The summed E-state index contributed by atoms with van der Waals surface area (Å²) in [6.45, 7) is 0.822. The van der Waals surface area contributed by atoms with Gasteiger partial charge in [-0.3, -0.25) is 9.59 Å². The van der Waals surface area contributed by atoms with E-state index in [1.165, 1.54) is 4.90 Å². The Bertz CT molecular complexity index is 447. The molecule has 96 valence electrons. The van der Waals surface area contributed by atoms with Crippen LogP contribution in [-0.2, 0) is 16.1 Å². The van der Waals surface area contributed by atoms with Gasteiger partial charge in [0.15, 0.2) is 0 Å². The van der Waals surface area contributed by atoms with Gasteiger partial charge >= 0.3 is 0 Å². The molecule has 1 heterocycles. The predicted molar refractivity (Wildman–Crippen MR) is 62.1 cm³/mol. The third-order valence-electron chi connectivity index (χ3n) is 3.09. The molecule has 1 N–H and O–H groups in total. The van der Waals surface area contributed by atoms with Crippen molar-refractivity contribution in [2.24, 2.45) is 5.92 Å². The molecule has 1 amide bonds. The fourth-order valence-electron chi connectivity index (χ4n) is 2.13. The van der Waals surface area contributed by atoms with Crippen LogP contribution in [0.2, 0.25) is 0 Å². The molecular weight excluding hydrogens is 237 g/mol. The topological polar surface area (TPSA) is 57.6 Å². The maximum atomic E-state index is 12.5. The predicted octanol–water partition coefficient (Wildman–Crippen LogP) is 0.892. The Morgan fingerprint density at radius 3 is 2.72 bits per heavy atom. The fraction of sp³-hybridized carbons (Fsp3) is 0.385. The number of rotatable bonds is 4. The van der Waals surface area contributed by atoms with E-state index in [4.69, 9.17) is 5.11 Å². The molecule has 1 aromatic rings. The smallest absolute Gasteiger partial charge is 0.256 e. The molecule has 2 atom stereocenters. The minimum atomic E-state index is -2.56. The quantitative estimate of drug-likeness (QED) is 0.809. The molecule has 1 aromatic carbocycles. The molecule has 0 spiro atoms. The highest BCUT2D eigenvalue weighted by Crippen LogP contribution is 2.22. The van der Waals surface area contributed by atoms with Crippen LogP contribution < -0.4 is 0 Å². The van der Waals surface area contributed by atoms with E-state index in [1.807, 2.05) is 30.3 Å². The lowest BCUT2D eigenvalue weighted by Crippen LogP contribution is -2.33. The molecule has 18 heavy (non-hydrogen) atoms. The SMILES string of the molecule is O=C(C(O)F)C1CCN(Cc2ccccc2)C1=O. The van der Waals surface area contributed by atoms with E-state index in [9.17, 15) is 14.0 Å². The minimum absolute atomic E-state index is 0.269. The monoisotopic (exact) mass is 251 g/mol. The number of hydrogen-bond donors (Lipinski definition) is 1. The average molecular weight is 251 g/mol. The zero-order valence-electron chi connectivity index (χ0n) is 9.75. The van der Waals surface area contributed by atoms with E-state index in [-0.39, 0.29) is 6.42 Å². The average Bonchev–Trinajstić information content (AvgIpc) is 2.71. The highest BCUT2D eigenvalue weighted by Gasteiger charge is 2.39. The molecular formula is C13H14FNO3. The molecule has 5 heteroatoms. The van der Waals surface area contributed by atoms with E-state index >= 15 is 0 Å². The molecule has 0 aliphatic carbocycles. The van der Waals surface area contributed by atoms with Gasteiger partial charge in [0, 0.05) is 13.1 Å². The van der Waals surface area contributed by atoms with Crippen LogP contribution in [0.4, 0.5) is 4.39 Å². The summed E-state index contributed by atoms with van der Waals surface area (Å²) in [5.41, 5.74) is 0.958. The van der Waals surface area contributed by atoms with E-state index in [0.29, 0.717) is 13.1 Å². The van der Waals surface area contributed by atoms with Crippen molar-refractivity contribution < 1.29 is 19.1 Å². The molecule has 0 radical (unpaired) electrons. The first-order valence-electron chi connectivity index (χ1n) is 5.78. The summed E-state index contributed by atoms with van der Waals surface area (Å²) in [6.07, 6.45) is -2.29. The number of likely N-dealkylation sites (tertiary alicyclic amines) is 1. The molecule has 2 rings (SSSR count). The summed E-state index contributed by atoms with van der Waals surface area (Å²) in [5.74, 6) is -2.47. The van der Waals surface area contributed by atoms with Gasteiger partial charge in [-0.05, 0) is 12.0 Å². The maximum absolute atomic E-state index is 12.5. The maximum Gasteiger partial charge on any atom is 0.256 e. The fourth-order valence-corrected chi connectivity index (χ4v) is 2.13. The number of aliphatic hydroxyl groups excluding tert-OH is 1. The number of carbonyl (C=O) groups is 2. The van der Waals surface area contributed by atoms with Crippen molar-refractivity contribution in [2.75, 3.05) is 6.54 Å². The number of alkyl halides is 1. The Kier molecular flexibility index (Phi) is 3.72. The summed E-state index contributed by atoms with van der Waals surface area (Å²) in [4.78, 5) is 24.7. The largest absolute Gasteiger partial charge is 0.358 e. The molecule has 0 saturated carbocycles. The lowest BCUT2D eigenvalue weighted by atomic mass is 10.0. The van der Waals surface area contributed by atoms with Crippen LogP contribution in [-0.4, -0.2) is 34.6 Å². The van der Waals surface area contributed by atoms with E-state index in [2.05, 4.69) is 0 Å². The third-order valence-corrected chi connectivity index (χ3v) is 3.09. The van der Waals surface area contributed by atoms with Crippen LogP contribution in [0.5, 0.6) is 0 Å². The molecule has 2 unspecified atom stereocenters. The summed E-state index contributed by atoms with van der Waals surface area (Å²) >= 11 is 0. The highest BCUT2D eigenvalue weighted by atomic mass is 19.1. The number of carbonyl (C=O) groups excluding carboxylic acids is 2. The highest BCUT2D eigenvalue weighted by molar-refractivity contribution is 6.03. The Hall–Kier alpha value is -1.75. The van der Waals surface area contributed by atoms with Crippen LogP contribution in [0.3, 0.4) is 0 Å². The van der Waals surface area contributed by atoms with Crippen LogP contribution in [0.15, 0.2) is 30.3 Å². The number of hydrogen-bond acceptors (Lipinski definition) is 3. The number of halogens is 1. The van der Waals surface area contributed by atoms with Gasteiger partial charge < -0.3 is 10.0 Å². The van der Waals surface area contributed by atoms with Crippen molar-refractivity contribution >= 4 is 11.7 Å². The van der Waals surface area contributed by atoms with Crippen molar-refractivity contribution in [2.45, 2.75) is 19.3 Å². The molecule has 1 saturated heterocycles. The zero-order valence-corrected chi connectivity index (χ0v) is 9.75. The molecule has 0 bridgehead atoms. The molecule has 1 aliphatic rings. The summed E-state index contributed by atoms with van der Waals surface area (Å²) in [6, 6.07) is 9.37. The Balaban J connectivity index is 2.02.